The minimum Gasteiger partial charge on any atom is -0.412 e. The van der Waals surface area contributed by atoms with E-state index in [1.165, 1.54) is 0 Å². The van der Waals surface area contributed by atoms with Gasteiger partial charge in [0.2, 0.25) is 0 Å². The van der Waals surface area contributed by atoms with Gasteiger partial charge in [0, 0.05) is 0 Å². The molecule has 1 aliphatic rings. The zero-order chi connectivity index (χ0) is 4.24. The van der Waals surface area contributed by atoms with Crippen LogP contribution in [0.2, 0.25) is 0 Å². The largest absolute Gasteiger partial charge is 0.412 e. The minimum atomic E-state index is 0. The smallest absolute Gasteiger partial charge is 0.412 e. The van der Waals surface area contributed by atoms with E-state index in [0.717, 1.165) is 12.7 Å². The van der Waals surface area contributed by atoms with Gasteiger partial charge in [0.1, 0.15) is 0 Å². The van der Waals surface area contributed by atoms with Crippen LogP contribution in [0.3, 0.4) is 0 Å². The van der Waals surface area contributed by atoms with Gasteiger partial charge < -0.3 is 5.48 Å². The summed E-state index contributed by atoms with van der Waals surface area (Å²) in [5, 5.41) is 0. The van der Waals surface area contributed by atoms with E-state index in [-0.39, 0.29) is 5.48 Å². The molecule has 0 atom stereocenters. The Bertz CT molecular complexity index is 81.1. The molecule has 0 saturated carbocycles. The summed E-state index contributed by atoms with van der Waals surface area (Å²) in [7, 11) is 0. The third-order valence-corrected chi connectivity index (χ3v) is 4.92. The molecule has 3 heteroatoms. The average molecular weight is 172 g/mol. The van der Waals surface area contributed by atoms with E-state index in [1.54, 1.807) is 0 Å². The molecule has 0 amide bonds. The first kappa shape index (κ1) is 7.53. The molecule has 0 spiro atoms. The van der Waals surface area contributed by atoms with Crippen molar-refractivity contribution >= 4 is 25.9 Å². The second kappa shape index (κ2) is 4.68. The van der Waals surface area contributed by atoms with Crippen LogP contribution in [0.5, 0.6) is 0 Å². The van der Waals surface area contributed by atoms with Crippen LogP contribution < -0.4 is 0 Å². The molecular formula is C4H6AlAsO. The van der Waals surface area contributed by atoms with Gasteiger partial charge in [-0.3, -0.25) is 0 Å². The Balaban J connectivity index is 0.000000360. The standard InChI is InChI=1S/C4H4As.Al.H2O/c1-2-3-4-5;;/h1-4H;;1H2. The van der Waals surface area contributed by atoms with E-state index in [4.69, 9.17) is 0 Å². The zero-order valence-corrected chi connectivity index (χ0v) is 6.87. The molecule has 0 aromatic heterocycles. The number of allylic oxidation sites excluding steroid dienone is 2. The maximum Gasteiger partial charge on any atom is -0.412 e. The van der Waals surface area contributed by atoms with Gasteiger partial charge in [0.25, 0.3) is 0 Å². The predicted molar refractivity (Wildman–Crippen MR) is 33.4 cm³/mol. The summed E-state index contributed by atoms with van der Waals surface area (Å²) in [6.07, 6.45) is 4.30. The molecule has 0 aromatic rings. The average Bonchev–Trinajstić information content (AvgIpc) is 1.72. The summed E-state index contributed by atoms with van der Waals surface area (Å²) in [4.78, 5) is 4.62. The van der Waals surface area contributed by atoms with Gasteiger partial charge >= 0.3 is 47.9 Å². The van der Waals surface area contributed by atoms with Gasteiger partial charge in [-0.1, -0.05) is 0 Å². The van der Waals surface area contributed by atoms with Gasteiger partial charge in [-0.05, 0) is 0 Å². The van der Waals surface area contributed by atoms with Gasteiger partial charge in [-0.2, -0.15) is 0 Å². The van der Waals surface area contributed by atoms with Crippen molar-refractivity contribution in [2.75, 3.05) is 0 Å². The van der Waals surface area contributed by atoms with Crippen LogP contribution >= 0.6 is 0 Å². The SMILES string of the molecule is C1=[CH][Al]=[As]C=C1.O. The minimum absolute atomic E-state index is 0. The molecule has 0 aliphatic carbocycles. The van der Waals surface area contributed by atoms with E-state index in [0.29, 0.717) is 13.3 Å². The maximum absolute atomic E-state index is 2.31. The molecule has 0 saturated heterocycles. The molecule has 1 nitrogen and oxygen atoms in total. The summed E-state index contributed by atoms with van der Waals surface area (Å²) in [5.41, 5.74) is 0. The second-order valence-corrected chi connectivity index (χ2v) is 6.38. The Morgan fingerprint density at radius 3 is 2.29 bits per heavy atom. The van der Waals surface area contributed by atoms with Gasteiger partial charge in [0.15, 0.2) is 0 Å². The first-order valence-corrected chi connectivity index (χ1v) is 7.37. The van der Waals surface area contributed by atoms with Crippen molar-refractivity contribution in [3.63, 3.8) is 0 Å². The van der Waals surface area contributed by atoms with Gasteiger partial charge in [-0.25, -0.2) is 0 Å². The zero-order valence-electron chi connectivity index (χ0n) is 3.83. The molecule has 1 rings (SSSR count). The molecule has 1 aliphatic heterocycles. The van der Waals surface area contributed by atoms with E-state index in [1.807, 2.05) is 0 Å². The Morgan fingerprint density at radius 2 is 2.14 bits per heavy atom. The van der Waals surface area contributed by atoms with Crippen LogP contribution in [0.25, 0.3) is 0 Å². The van der Waals surface area contributed by atoms with Crippen LogP contribution in [0.4, 0.5) is 0 Å². The first-order valence-electron chi connectivity index (χ1n) is 1.85. The third-order valence-electron chi connectivity index (χ3n) is 0.566. The monoisotopic (exact) mass is 172 g/mol. The molecular weight excluding hydrogens is 166 g/mol. The van der Waals surface area contributed by atoms with Crippen molar-refractivity contribution in [1.29, 1.82) is 0 Å². The molecule has 7 heavy (non-hydrogen) atoms. The summed E-state index contributed by atoms with van der Waals surface area (Å²) < 4.78 is 0. The summed E-state index contributed by atoms with van der Waals surface area (Å²) in [6, 6.07) is 0. The van der Waals surface area contributed by atoms with Crippen molar-refractivity contribution in [3.8, 4) is 0 Å². The van der Waals surface area contributed by atoms with Crippen LogP contribution in [-0.2, 0) is 0 Å². The Hall–Kier alpha value is 0.531. The fourth-order valence-electron chi connectivity index (χ4n) is 0.313. The fraction of sp³-hybridized carbons (Fsp3) is 0. The molecule has 0 unspecified atom stereocenters. The quantitative estimate of drug-likeness (QED) is 0.442. The Morgan fingerprint density at radius 1 is 1.29 bits per heavy atom. The van der Waals surface area contributed by atoms with E-state index >= 15 is 0 Å². The van der Waals surface area contributed by atoms with Crippen molar-refractivity contribution < 1.29 is 5.48 Å². The third kappa shape index (κ3) is 3.14. The van der Waals surface area contributed by atoms with Crippen molar-refractivity contribution in [2.24, 2.45) is 0 Å². The predicted octanol–water partition coefficient (Wildman–Crippen LogP) is -0.474. The number of hydrogen-bond donors (Lipinski definition) is 0. The molecule has 0 bridgehead atoms. The van der Waals surface area contributed by atoms with E-state index in [2.05, 4.69) is 22.0 Å². The molecule has 1 heterocycles. The Labute approximate surface area is 53.5 Å². The molecule has 2 N–H and O–H groups in total. The Kier molecular flexibility index (Phi) is 5.04. The summed E-state index contributed by atoms with van der Waals surface area (Å²) >= 11 is 1.38. The summed E-state index contributed by atoms with van der Waals surface area (Å²) in [5.74, 6) is 0. The van der Waals surface area contributed by atoms with Crippen LogP contribution in [-0.4, -0.2) is 31.4 Å². The second-order valence-electron chi connectivity index (χ2n) is 1.02. The van der Waals surface area contributed by atoms with Crippen LogP contribution in [0.1, 0.15) is 0 Å². The van der Waals surface area contributed by atoms with Gasteiger partial charge in [0.05, 0.1) is 0 Å². The van der Waals surface area contributed by atoms with Crippen molar-refractivity contribution in [2.45, 2.75) is 0 Å². The van der Waals surface area contributed by atoms with Crippen LogP contribution in [0, 0.1) is 0 Å². The number of rotatable bonds is 0. The number of hydrogen-bond acceptors (Lipinski definition) is 0. The maximum atomic E-state index is 2.31. The normalized spacial score (nSPS) is 14.9. The van der Waals surface area contributed by atoms with Crippen molar-refractivity contribution in [1.82, 2.24) is 0 Å². The van der Waals surface area contributed by atoms with Gasteiger partial charge in [-0.15, -0.1) is 0 Å². The van der Waals surface area contributed by atoms with E-state index in [9.17, 15) is 0 Å². The summed E-state index contributed by atoms with van der Waals surface area (Å²) in [6.45, 7) is 0. The topological polar surface area (TPSA) is 31.5 Å². The van der Waals surface area contributed by atoms with Crippen molar-refractivity contribution in [3.05, 3.63) is 22.0 Å². The first-order chi connectivity index (χ1) is 3.00. The van der Waals surface area contributed by atoms with Crippen LogP contribution in [0.15, 0.2) is 22.0 Å². The van der Waals surface area contributed by atoms with E-state index < -0.39 is 0 Å². The molecule has 0 radical (unpaired) electrons. The molecule has 0 fully saturated rings. The molecule has 36 valence electrons. The fourth-order valence-corrected chi connectivity index (χ4v) is 3.55. The molecule has 0 aromatic carbocycles.